The van der Waals surface area contributed by atoms with Crippen LogP contribution in [0, 0.1) is 23.7 Å². The molecule has 0 aromatic rings. The smallest absolute Gasteiger partial charge is 0.0383 e. The Morgan fingerprint density at radius 3 is 1.20 bits per heavy atom. The monoisotopic (exact) mass is 206 g/mol. The highest BCUT2D eigenvalue weighted by atomic mass is 14.4. The Kier molecular flexibility index (Phi) is 3.03. The van der Waals surface area contributed by atoms with Gasteiger partial charge in [0.25, 0.3) is 0 Å². The van der Waals surface area contributed by atoms with Crippen molar-refractivity contribution < 1.29 is 0 Å². The minimum absolute atomic E-state index is 1.15. The summed E-state index contributed by atoms with van der Waals surface area (Å²) in [5.41, 5.74) is 0. The van der Waals surface area contributed by atoms with Crippen LogP contribution in [0.25, 0.3) is 0 Å². The molecule has 3 aliphatic rings. The molecule has 2 unspecified atom stereocenters. The molecule has 3 rings (SSSR count). The molecule has 3 saturated carbocycles. The maximum atomic E-state index is 1.62. The lowest BCUT2D eigenvalue weighted by molar-refractivity contribution is 0.295. The molecule has 0 heterocycles. The molecule has 86 valence electrons. The van der Waals surface area contributed by atoms with Crippen LogP contribution >= 0.6 is 0 Å². The van der Waals surface area contributed by atoms with Crippen LogP contribution in [-0.2, 0) is 0 Å². The van der Waals surface area contributed by atoms with E-state index < -0.39 is 0 Å². The topological polar surface area (TPSA) is 0 Å². The van der Waals surface area contributed by atoms with E-state index in [0.717, 1.165) is 23.7 Å². The van der Waals surface area contributed by atoms with Crippen LogP contribution in [-0.4, -0.2) is 0 Å². The zero-order valence-corrected chi connectivity index (χ0v) is 10.1. The van der Waals surface area contributed by atoms with Gasteiger partial charge < -0.3 is 0 Å². The summed E-state index contributed by atoms with van der Waals surface area (Å²) in [5.74, 6) is 4.60. The summed E-state index contributed by atoms with van der Waals surface area (Å²) in [5, 5.41) is 0. The van der Waals surface area contributed by atoms with Crippen LogP contribution in [0.2, 0.25) is 0 Å². The Morgan fingerprint density at radius 1 is 0.400 bits per heavy atom. The maximum Gasteiger partial charge on any atom is -0.0383 e. The normalized spacial score (nSPS) is 39.2. The lowest BCUT2D eigenvalue weighted by Gasteiger charge is -2.21. The summed E-state index contributed by atoms with van der Waals surface area (Å²) in [6.45, 7) is 0. The molecular formula is C15H26. The second-order valence-electron chi connectivity index (χ2n) is 6.42. The number of hydrogen-bond donors (Lipinski definition) is 0. The fourth-order valence-corrected chi connectivity index (χ4v) is 4.77. The van der Waals surface area contributed by atoms with E-state index in [9.17, 15) is 0 Å². The van der Waals surface area contributed by atoms with Gasteiger partial charge in [-0.1, -0.05) is 51.4 Å². The van der Waals surface area contributed by atoms with E-state index in [-0.39, 0.29) is 0 Å². The van der Waals surface area contributed by atoms with E-state index >= 15 is 0 Å². The van der Waals surface area contributed by atoms with Gasteiger partial charge in [-0.3, -0.25) is 0 Å². The van der Waals surface area contributed by atoms with Crippen LogP contribution in [0.3, 0.4) is 0 Å². The van der Waals surface area contributed by atoms with Gasteiger partial charge >= 0.3 is 0 Å². The first kappa shape index (κ1) is 10.2. The molecule has 3 aliphatic carbocycles. The van der Waals surface area contributed by atoms with Crippen LogP contribution in [0.5, 0.6) is 0 Å². The minimum Gasteiger partial charge on any atom is -0.0530 e. The van der Waals surface area contributed by atoms with Crippen molar-refractivity contribution in [3.8, 4) is 0 Å². The van der Waals surface area contributed by atoms with Gasteiger partial charge in [0, 0.05) is 0 Å². The Labute approximate surface area is 94.8 Å². The summed E-state index contributed by atoms with van der Waals surface area (Å²) in [6, 6.07) is 0. The van der Waals surface area contributed by atoms with E-state index in [0.29, 0.717) is 0 Å². The lowest BCUT2D eigenvalue weighted by Crippen LogP contribution is -2.11. The summed E-state index contributed by atoms with van der Waals surface area (Å²) in [6.07, 6.45) is 17.2. The van der Waals surface area contributed by atoms with Crippen molar-refractivity contribution in [2.24, 2.45) is 23.7 Å². The first-order valence-corrected chi connectivity index (χ1v) is 7.43. The highest BCUT2D eigenvalue weighted by Gasteiger charge is 2.36. The fraction of sp³-hybridized carbons (Fsp3) is 1.00. The molecule has 0 heteroatoms. The molecular weight excluding hydrogens is 180 g/mol. The average Bonchev–Trinajstić information content (AvgIpc) is 3.02. The van der Waals surface area contributed by atoms with Crippen LogP contribution in [0.4, 0.5) is 0 Å². The van der Waals surface area contributed by atoms with E-state index in [1.807, 2.05) is 0 Å². The molecule has 0 aromatic heterocycles. The lowest BCUT2D eigenvalue weighted by atomic mass is 9.85. The van der Waals surface area contributed by atoms with Gasteiger partial charge in [0.1, 0.15) is 0 Å². The molecule has 0 aromatic carbocycles. The fourth-order valence-electron chi connectivity index (χ4n) is 4.77. The first-order valence-electron chi connectivity index (χ1n) is 7.43. The molecule has 0 nitrogen and oxygen atoms in total. The van der Waals surface area contributed by atoms with Crippen LogP contribution < -0.4 is 0 Å². The molecule has 0 bridgehead atoms. The van der Waals surface area contributed by atoms with Crippen molar-refractivity contribution in [1.82, 2.24) is 0 Å². The first-order chi connectivity index (χ1) is 7.43. The Hall–Kier alpha value is 0. The highest BCUT2D eigenvalue weighted by molar-refractivity contribution is 4.87. The molecule has 3 fully saturated rings. The highest BCUT2D eigenvalue weighted by Crippen LogP contribution is 2.47. The van der Waals surface area contributed by atoms with Crippen molar-refractivity contribution >= 4 is 0 Å². The van der Waals surface area contributed by atoms with E-state index in [4.69, 9.17) is 0 Å². The second-order valence-corrected chi connectivity index (χ2v) is 6.42. The average molecular weight is 206 g/mol. The quantitative estimate of drug-likeness (QED) is 0.610. The van der Waals surface area contributed by atoms with Crippen molar-refractivity contribution in [3.05, 3.63) is 0 Å². The summed E-state index contributed by atoms with van der Waals surface area (Å²) >= 11 is 0. The predicted octanol–water partition coefficient (Wildman–Crippen LogP) is 4.78. The molecule has 0 radical (unpaired) electrons. The van der Waals surface area contributed by atoms with E-state index in [1.165, 1.54) is 25.7 Å². The van der Waals surface area contributed by atoms with Gasteiger partial charge in [-0.2, -0.15) is 0 Å². The maximum absolute atomic E-state index is 1.62. The molecule has 15 heavy (non-hydrogen) atoms. The third kappa shape index (κ3) is 2.10. The van der Waals surface area contributed by atoms with Crippen LogP contribution in [0.1, 0.15) is 70.6 Å². The zero-order chi connectivity index (χ0) is 10.1. The zero-order valence-electron chi connectivity index (χ0n) is 10.1. The van der Waals surface area contributed by atoms with Crippen LogP contribution in [0.15, 0.2) is 0 Å². The van der Waals surface area contributed by atoms with E-state index in [1.54, 1.807) is 44.9 Å². The van der Waals surface area contributed by atoms with Crippen molar-refractivity contribution in [2.45, 2.75) is 70.6 Å². The van der Waals surface area contributed by atoms with Gasteiger partial charge in [0.05, 0.1) is 0 Å². The third-order valence-electron chi connectivity index (χ3n) is 5.65. The molecule has 0 spiro atoms. The molecule has 0 aliphatic heterocycles. The third-order valence-corrected chi connectivity index (χ3v) is 5.65. The van der Waals surface area contributed by atoms with Crippen molar-refractivity contribution in [2.75, 3.05) is 0 Å². The second kappa shape index (κ2) is 4.47. The Morgan fingerprint density at radius 2 is 0.800 bits per heavy atom. The minimum atomic E-state index is 1.15. The van der Waals surface area contributed by atoms with Gasteiger partial charge in [0.15, 0.2) is 0 Å². The Balaban J connectivity index is 1.53. The number of rotatable bonds is 2. The predicted molar refractivity (Wildman–Crippen MR) is 64.7 cm³/mol. The van der Waals surface area contributed by atoms with Crippen molar-refractivity contribution in [1.29, 1.82) is 0 Å². The molecule has 0 N–H and O–H groups in total. The summed E-state index contributed by atoms with van der Waals surface area (Å²) in [7, 11) is 0. The molecule has 0 amide bonds. The molecule has 2 atom stereocenters. The largest absolute Gasteiger partial charge is 0.0530 e. The number of hydrogen-bond acceptors (Lipinski definition) is 0. The Bertz CT molecular complexity index is 174. The van der Waals surface area contributed by atoms with Crippen molar-refractivity contribution in [3.63, 3.8) is 0 Å². The van der Waals surface area contributed by atoms with Gasteiger partial charge in [-0.05, 0) is 42.9 Å². The summed E-state index contributed by atoms with van der Waals surface area (Å²) in [4.78, 5) is 0. The van der Waals surface area contributed by atoms with Gasteiger partial charge in [0.2, 0.25) is 0 Å². The SMILES string of the molecule is C1CCC(C2CCC(C3CCCC3)C2)C1. The standard InChI is InChI=1S/C15H26/c1-2-6-12(5-1)14-9-10-15(11-14)13-7-3-4-8-13/h12-15H,1-11H2. The van der Waals surface area contributed by atoms with Gasteiger partial charge in [-0.15, -0.1) is 0 Å². The van der Waals surface area contributed by atoms with Gasteiger partial charge in [-0.25, -0.2) is 0 Å². The molecule has 0 saturated heterocycles. The summed E-state index contributed by atoms with van der Waals surface area (Å²) < 4.78 is 0. The van der Waals surface area contributed by atoms with E-state index in [2.05, 4.69) is 0 Å².